The lowest BCUT2D eigenvalue weighted by Crippen LogP contribution is -2.32. The van der Waals surface area contributed by atoms with Crippen molar-refractivity contribution >= 4 is 17.7 Å². The fraction of sp³-hybridized carbons (Fsp3) is 0.667. The average molecular weight is 243 g/mol. The van der Waals surface area contributed by atoms with Crippen molar-refractivity contribution < 1.29 is 14.4 Å². The summed E-state index contributed by atoms with van der Waals surface area (Å²) >= 11 is 1.40. The summed E-state index contributed by atoms with van der Waals surface area (Å²) in [5.41, 5.74) is 5.36. The summed E-state index contributed by atoms with van der Waals surface area (Å²) < 4.78 is 5.07. The van der Waals surface area contributed by atoms with E-state index in [0.717, 1.165) is 12.8 Å². The number of aromatic nitrogens is 2. The van der Waals surface area contributed by atoms with Gasteiger partial charge in [0.05, 0.1) is 5.75 Å². The second-order valence-electron chi connectivity index (χ2n) is 3.78. The molecule has 0 spiro atoms. The Bertz CT molecular complexity index is 378. The highest BCUT2D eigenvalue weighted by molar-refractivity contribution is 7.98. The van der Waals surface area contributed by atoms with Gasteiger partial charge >= 0.3 is 5.97 Å². The molecule has 88 valence electrons. The molecular weight excluding hydrogens is 230 g/mol. The molecule has 1 saturated carbocycles. The van der Waals surface area contributed by atoms with Crippen LogP contribution in [0.2, 0.25) is 0 Å². The zero-order chi connectivity index (χ0) is 11.5. The van der Waals surface area contributed by atoms with E-state index in [0.29, 0.717) is 29.1 Å². The molecule has 1 aliphatic carbocycles. The largest absolute Gasteiger partial charge is 0.480 e. The van der Waals surface area contributed by atoms with Gasteiger partial charge in [-0.15, -0.1) is 0 Å². The number of carboxylic acid groups (broad SMARTS) is 1. The maximum Gasteiger partial charge on any atom is 0.321 e. The van der Waals surface area contributed by atoms with Gasteiger partial charge in [0.2, 0.25) is 5.89 Å². The van der Waals surface area contributed by atoms with Crippen LogP contribution in [0.1, 0.15) is 30.5 Å². The summed E-state index contributed by atoms with van der Waals surface area (Å²) in [6.45, 7) is 0. The minimum Gasteiger partial charge on any atom is -0.480 e. The molecule has 1 aromatic heterocycles. The second-order valence-corrected chi connectivity index (χ2v) is 4.81. The van der Waals surface area contributed by atoms with Crippen LogP contribution < -0.4 is 5.73 Å². The van der Waals surface area contributed by atoms with Gasteiger partial charge in [0.25, 0.3) is 0 Å². The van der Waals surface area contributed by atoms with Crippen LogP contribution in [0.3, 0.4) is 0 Å². The van der Waals surface area contributed by atoms with E-state index in [9.17, 15) is 4.79 Å². The number of carbonyl (C=O) groups is 1. The van der Waals surface area contributed by atoms with E-state index in [4.69, 9.17) is 15.4 Å². The van der Waals surface area contributed by atoms with Gasteiger partial charge in [-0.3, -0.25) is 4.79 Å². The first-order chi connectivity index (χ1) is 7.66. The van der Waals surface area contributed by atoms with E-state index in [1.165, 1.54) is 11.8 Å². The summed E-state index contributed by atoms with van der Waals surface area (Å²) in [6, 6.07) is -0.834. The Morgan fingerprint density at radius 1 is 1.69 bits per heavy atom. The van der Waals surface area contributed by atoms with Crippen LogP contribution in [0.5, 0.6) is 0 Å². The summed E-state index contributed by atoms with van der Waals surface area (Å²) in [4.78, 5) is 14.7. The van der Waals surface area contributed by atoms with Gasteiger partial charge in [0.1, 0.15) is 6.04 Å². The van der Waals surface area contributed by atoms with E-state index < -0.39 is 12.0 Å². The second kappa shape index (κ2) is 4.84. The van der Waals surface area contributed by atoms with Gasteiger partial charge in [-0.25, -0.2) is 0 Å². The molecule has 0 unspecified atom stereocenters. The Balaban J connectivity index is 1.74. The third-order valence-electron chi connectivity index (χ3n) is 2.26. The molecule has 1 aliphatic rings. The normalized spacial score (nSPS) is 17.3. The predicted molar refractivity (Wildman–Crippen MR) is 58.0 cm³/mol. The third kappa shape index (κ3) is 2.96. The summed E-state index contributed by atoms with van der Waals surface area (Å²) in [5.74, 6) is 1.68. The van der Waals surface area contributed by atoms with Crippen LogP contribution in [0.4, 0.5) is 0 Å². The molecule has 7 heteroatoms. The highest BCUT2D eigenvalue weighted by Crippen LogP contribution is 2.38. The van der Waals surface area contributed by atoms with E-state index >= 15 is 0 Å². The Kier molecular flexibility index (Phi) is 3.45. The molecule has 1 heterocycles. The van der Waals surface area contributed by atoms with Crippen molar-refractivity contribution in [3.63, 3.8) is 0 Å². The number of nitrogens with zero attached hydrogens (tertiary/aromatic N) is 2. The van der Waals surface area contributed by atoms with Crippen molar-refractivity contribution in [1.82, 2.24) is 10.1 Å². The molecule has 1 atom stereocenters. The molecule has 6 nitrogen and oxygen atoms in total. The average Bonchev–Trinajstić information content (AvgIpc) is 2.99. The smallest absolute Gasteiger partial charge is 0.321 e. The standard InChI is InChI=1S/C9H13N3O3S/c10-6(9(13)14)3-16-4-7-11-8(15-12-7)5-1-2-5/h5-6H,1-4,10H2,(H,13,14)/t6-/m0/s1. The number of hydrogen-bond acceptors (Lipinski definition) is 6. The van der Waals surface area contributed by atoms with E-state index in [1.54, 1.807) is 0 Å². The van der Waals surface area contributed by atoms with Gasteiger partial charge in [0, 0.05) is 11.7 Å². The summed E-state index contributed by atoms with van der Waals surface area (Å²) in [7, 11) is 0. The number of thioether (sulfide) groups is 1. The molecule has 0 bridgehead atoms. The molecule has 1 aromatic rings. The highest BCUT2D eigenvalue weighted by atomic mass is 32.2. The maximum absolute atomic E-state index is 10.5. The number of rotatable bonds is 6. The first-order valence-electron chi connectivity index (χ1n) is 5.05. The van der Waals surface area contributed by atoms with Crippen molar-refractivity contribution in [2.75, 3.05) is 5.75 Å². The molecule has 3 N–H and O–H groups in total. The van der Waals surface area contributed by atoms with Crippen molar-refractivity contribution in [3.05, 3.63) is 11.7 Å². The first kappa shape index (κ1) is 11.4. The molecule has 0 aliphatic heterocycles. The fourth-order valence-corrected chi connectivity index (χ4v) is 1.98. The Hall–Kier alpha value is -1.08. The molecular formula is C9H13N3O3S. The van der Waals surface area contributed by atoms with Crippen molar-refractivity contribution in [2.45, 2.75) is 30.6 Å². The predicted octanol–water partition coefficient (Wildman–Crippen LogP) is 0.592. The number of hydrogen-bond donors (Lipinski definition) is 2. The SMILES string of the molecule is N[C@@H](CSCc1noc(C2CC2)n1)C(=O)O. The van der Waals surface area contributed by atoms with Crippen LogP contribution in [-0.2, 0) is 10.5 Å². The van der Waals surface area contributed by atoms with Gasteiger partial charge in [-0.05, 0) is 12.8 Å². The fourth-order valence-electron chi connectivity index (χ4n) is 1.17. The maximum atomic E-state index is 10.5. The van der Waals surface area contributed by atoms with Crippen LogP contribution >= 0.6 is 11.8 Å². The zero-order valence-electron chi connectivity index (χ0n) is 8.63. The molecule has 16 heavy (non-hydrogen) atoms. The molecule has 1 fully saturated rings. The molecule has 0 aromatic carbocycles. The van der Waals surface area contributed by atoms with Crippen LogP contribution in [0.25, 0.3) is 0 Å². The Morgan fingerprint density at radius 2 is 2.44 bits per heavy atom. The van der Waals surface area contributed by atoms with Crippen LogP contribution in [0.15, 0.2) is 4.52 Å². The minimum absolute atomic E-state index is 0.350. The van der Waals surface area contributed by atoms with E-state index in [1.807, 2.05) is 0 Å². The highest BCUT2D eigenvalue weighted by Gasteiger charge is 2.29. The van der Waals surface area contributed by atoms with Crippen LogP contribution in [0, 0.1) is 0 Å². The zero-order valence-corrected chi connectivity index (χ0v) is 9.44. The van der Waals surface area contributed by atoms with Gasteiger partial charge in [-0.1, -0.05) is 5.16 Å². The lowest BCUT2D eigenvalue weighted by atomic mass is 10.4. The third-order valence-corrected chi connectivity index (χ3v) is 3.31. The lowest BCUT2D eigenvalue weighted by molar-refractivity contribution is -0.137. The van der Waals surface area contributed by atoms with Crippen molar-refractivity contribution in [1.29, 1.82) is 0 Å². The number of nitrogens with two attached hydrogens (primary N) is 1. The van der Waals surface area contributed by atoms with Crippen LogP contribution in [-0.4, -0.2) is 33.0 Å². The summed E-state index contributed by atoms with van der Waals surface area (Å²) in [6.07, 6.45) is 2.25. The molecule has 2 rings (SSSR count). The lowest BCUT2D eigenvalue weighted by Gasteiger charge is -2.03. The first-order valence-corrected chi connectivity index (χ1v) is 6.21. The topological polar surface area (TPSA) is 102 Å². The van der Waals surface area contributed by atoms with Gasteiger partial charge < -0.3 is 15.4 Å². The molecule has 0 saturated heterocycles. The molecule has 0 radical (unpaired) electrons. The number of carboxylic acids is 1. The molecule has 0 amide bonds. The quantitative estimate of drug-likeness (QED) is 0.753. The van der Waals surface area contributed by atoms with Gasteiger partial charge in [0.15, 0.2) is 5.82 Å². The number of aliphatic carboxylic acids is 1. The van der Waals surface area contributed by atoms with Crippen molar-refractivity contribution in [2.24, 2.45) is 5.73 Å². The Morgan fingerprint density at radius 3 is 3.06 bits per heavy atom. The van der Waals surface area contributed by atoms with Crippen molar-refractivity contribution in [3.8, 4) is 0 Å². The monoisotopic (exact) mass is 243 g/mol. The summed E-state index contributed by atoms with van der Waals surface area (Å²) in [5, 5.41) is 12.4. The minimum atomic E-state index is -0.987. The Labute approximate surface area is 96.6 Å². The van der Waals surface area contributed by atoms with E-state index in [2.05, 4.69) is 10.1 Å². The van der Waals surface area contributed by atoms with E-state index in [-0.39, 0.29) is 0 Å². The van der Waals surface area contributed by atoms with Gasteiger partial charge in [-0.2, -0.15) is 16.7 Å².